The van der Waals surface area contributed by atoms with Crippen molar-refractivity contribution >= 4 is 16.9 Å². The van der Waals surface area contributed by atoms with E-state index >= 15 is 0 Å². The van der Waals surface area contributed by atoms with Gasteiger partial charge in [-0.3, -0.25) is 0 Å². The number of nitrogens with two attached hydrogens (primary N) is 1. The van der Waals surface area contributed by atoms with Crippen molar-refractivity contribution in [3.05, 3.63) is 34.5 Å². The Bertz CT molecular complexity index is 701. The van der Waals surface area contributed by atoms with Gasteiger partial charge in [-0.25, -0.2) is 4.79 Å². The first-order valence-electron chi connectivity index (χ1n) is 8.63. The maximum Gasteiger partial charge on any atom is 0.337 e. The molecule has 1 aromatic carbocycles. The number of carbonyl (C=O) groups is 1. The SMILES string of the molecule is CCCCc1c(C)n(CCCN)c2c(C(=O)O)cc(CC)cc12. The zero-order valence-electron chi connectivity index (χ0n) is 14.5. The van der Waals surface area contributed by atoms with Crippen LogP contribution >= 0.6 is 0 Å². The first kappa shape index (κ1) is 17.5. The van der Waals surface area contributed by atoms with Crippen molar-refractivity contribution < 1.29 is 9.90 Å². The van der Waals surface area contributed by atoms with Gasteiger partial charge in [0.25, 0.3) is 0 Å². The van der Waals surface area contributed by atoms with Crippen LogP contribution in [0.25, 0.3) is 10.9 Å². The van der Waals surface area contributed by atoms with Gasteiger partial charge < -0.3 is 15.4 Å². The van der Waals surface area contributed by atoms with Crippen LogP contribution < -0.4 is 5.73 Å². The number of nitrogens with zero attached hydrogens (tertiary/aromatic N) is 1. The van der Waals surface area contributed by atoms with Gasteiger partial charge >= 0.3 is 5.97 Å². The van der Waals surface area contributed by atoms with Crippen LogP contribution in [0.5, 0.6) is 0 Å². The molecule has 0 saturated heterocycles. The summed E-state index contributed by atoms with van der Waals surface area (Å²) in [6.45, 7) is 7.74. The summed E-state index contributed by atoms with van der Waals surface area (Å²) in [7, 11) is 0. The van der Waals surface area contributed by atoms with Gasteiger partial charge in [-0.15, -0.1) is 0 Å². The van der Waals surface area contributed by atoms with Gasteiger partial charge in [0, 0.05) is 17.6 Å². The lowest BCUT2D eigenvalue weighted by Crippen LogP contribution is -2.09. The van der Waals surface area contributed by atoms with E-state index in [0.717, 1.165) is 55.1 Å². The number of carboxylic acids is 1. The Balaban J connectivity index is 2.75. The van der Waals surface area contributed by atoms with E-state index in [4.69, 9.17) is 5.73 Å². The quantitative estimate of drug-likeness (QED) is 0.776. The molecule has 126 valence electrons. The van der Waals surface area contributed by atoms with Gasteiger partial charge in [0.05, 0.1) is 11.1 Å². The second-order valence-electron chi connectivity index (χ2n) is 6.16. The fraction of sp³-hybridized carbons (Fsp3) is 0.526. The number of fused-ring (bicyclic) bond motifs is 1. The molecule has 0 aliphatic carbocycles. The summed E-state index contributed by atoms with van der Waals surface area (Å²) >= 11 is 0. The highest BCUT2D eigenvalue weighted by molar-refractivity contribution is 6.04. The maximum atomic E-state index is 11.8. The predicted octanol–water partition coefficient (Wildman–Crippen LogP) is 3.90. The number of rotatable bonds is 8. The Kier molecular flexibility index (Phi) is 5.83. The van der Waals surface area contributed by atoms with E-state index in [0.29, 0.717) is 12.1 Å². The van der Waals surface area contributed by atoms with Gasteiger partial charge in [-0.05, 0) is 62.4 Å². The molecular weight excluding hydrogens is 288 g/mol. The standard InChI is InChI=1S/C19H28N2O2/c1-4-6-8-15-13(3)21(10-7-9-20)18-16(15)11-14(5-2)12-17(18)19(22)23/h11-12H,4-10,20H2,1-3H3,(H,22,23). The fourth-order valence-electron chi connectivity index (χ4n) is 3.31. The molecule has 4 heteroatoms. The molecule has 2 rings (SSSR count). The Morgan fingerprint density at radius 2 is 2.00 bits per heavy atom. The average molecular weight is 316 g/mol. The summed E-state index contributed by atoms with van der Waals surface area (Å²) in [6.07, 6.45) is 4.95. The number of hydrogen-bond acceptors (Lipinski definition) is 2. The minimum absolute atomic E-state index is 0.419. The lowest BCUT2D eigenvalue weighted by atomic mass is 9.99. The topological polar surface area (TPSA) is 68.2 Å². The molecule has 0 fully saturated rings. The minimum Gasteiger partial charge on any atom is -0.478 e. The zero-order valence-corrected chi connectivity index (χ0v) is 14.5. The van der Waals surface area contributed by atoms with Crippen LogP contribution in [-0.4, -0.2) is 22.2 Å². The van der Waals surface area contributed by atoms with Crippen molar-refractivity contribution in [1.82, 2.24) is 4.57 Å². The normalized spacial score (nSPS) is 11.3. The summed E-state index contributed by atoms with van der Waals surface area (Å²) in [5.74, 6) is -0.848. The van der Waals surface area contributed by atoms with Crippen molar-refractivity contribution in [2.24, 2.45) is 5.73 Å². The Morgan fingerprint density at radius 3 is 2.57 bits per heavy atom. The largest absolute Gasteiger partial charge is 0.478 e. The minimum atomic E-state index is -0.848. The number of aryl methyl sites for hydroxylation is 3. The average Bonchev–Trinajstić information content (AvgIpc) is 2.81. The molecule has 0 bridgehead atoms. The van der Waals surface area contributed by atoms with Crippen LogP contribution in [0.4, 0.5) is 0 Å². The molecule has 0 aliphatic rings. The van der Waals surface area contributed by atoms with Gasteiger partial charge in [0.1, 0.15) is 0 Å². The summed E-state index contributed by atoms with van der Waals surface area (Å²) < 4.78 is 2.16. The molecule has 23 heavy (non-hydrogen) atoms. The molecule has 0 unspecified atom stereocenters. The van der Waals surface area contributed by atoms with E-state index in [2.05, 4.69) is 31.4 Å². The van der Waals surface area contributed by atoms with Crippen molar-refractivity contribution in [2.45, 2.75) is 59.4 Å². The van der Waals surface area contributed by atoms with Crippen molar-refractivity contribution in [2.75, 3.05) is 6.54 Å². The number of aromatic nitrogens is 1. The van der Waals surface area contributed by atoms with Gasteiger partial charge in [-0.2, -0.15) is 0 Å². The summed E-state index contributed by atoms with van der Waals surface area (Å²) in [5, 5.41) is 10.8. The molecule has 2 aromatic rings. The van der Waals surface area contributed by atoms with Crippen molar-refractivity contribution in [3.63, 3.8) is 0 Å². The molecule has 3 N–H and O–H groups in total. The van der Waals surface area contributed by atoms with Crippen LogP contribution in [0.15, 0.2) is 12.1 Å². The zero-order chi connectivity index (χ0) is 17.0. The summed E-state index contributed by atoms with van der Waals surface area (Å²) in [6, 6.07) is 4.01. The van der Waals surface area contributed by atoms with Gasteiger partial charge in [0.2, 0.25) is 0 Å². The third kappa shape index (κ3) is 3.42. The lowest BCUT2D eigenvalue weighted by molar-refractivity contribution is 0.0698. The smallest absolute Gasteiger partial charge is 0.337 e. The molecule has 0 radical (unpaired) electrons. The van der Waals surface area contributed by atoms with E-state index in [9.17, 15) is 9.90 Å². The molecular formula is C19H28N2O2. The van der Waals surface area contributed by atoms with E-state index in [-0.39, 0.29) is 0 Å². The Morgan fingerprint density at radius 1 is 1.26 bits per heavy atom. The third-order valence-corrected chi connectivity index (χ3v) is 4.61. The van der Waals surface area contributed by atoms with Gasteiger partial charge in [-0.1, -0.05) is 20.3 Å². The van der Waals surface area contributed by atoms with Crippen molar-refractivity contribution in [3.8, 4) is 0 Å². The second-order valence-corrected chi connectivity index (χ2v) is 6.16. The number of hydrogen-bond donors (Lipinski definition) is 2. The van der Waals surface area contributed by atoms with Crippen LogP contribution in [0.3, 0.4) is 0 Å². The lowest BCUT2D eigenvalue weighted by Gasteiger charge is -2.10. The number of unbranched alkanes of at least 4 members (excludes halogenated alkanes) is 1. The molecule has 4 nitrogen and oxygen atoms in total. The molecule has 0 atom stereocenters. The van der Waals surface area contributed by atoms with Crippen LogP contribution in [0.2, 0.25) is 0 Å². The Labute approximate surface area is 138 Å². The van der Waals surface area contributed by atoms with E-state index in [1.807, 2.05) is 6.07 Å². The van der Waals surface area contributed by atoms with Crippen LogP contribution in [0, 0.1) is 6.92 Å². The predicted molar refractivity (Wildman–Crippen MR) is 95.3 cm³/mol. The molecule has 1 aromatic heterocycles. The van der Waals surface area contributed by atoms with Gasteiger partial charge in [0.15, 0.2) is 0 Å². The van der Waals surface area contributed by atoms with Crippen molar-refractivity contribution in [1.29, 1.82) is 0 Å². The molecule has 0 amide bonds. The molecule has 0 spiro atoms. The third-order valence-electron chi connectivity index (χ3n) is 4.61. The highest BCUT2D eigenvalue weighted by atomic mass is 16.4. The first-order chi connectivity index (χ1) is 11.0. The molecule has 0 saturated carbocycles. The highest BCUT2D eigenvalue weighted by Crippen LogP contribution is 2.32. The summed E-state index contributed by atoms with van der Waals surface area (Å²) in [4.78, 5) is 11.8. The highest BCUT2D eigenvalue weighted by Gasteiger charge is 2.20. The fourth-order valence-corrected chi connectivity index (χ4v) is 3.31. The summed E-state index contributed by atoms with van der Waals surface area (Å²) in [5.41, 5.74) is 10.5. The van der Waals surface area contributed by atoms with E-state index in [1.165, 1.54) is 11.3 Å². The first-order valence-corrected chi connectivity index (χ1v) is 8.63. The number of carboxylic acid groups (broad SMARTS) is 1. The Hall–Kier alpha value is -1.81. The van der Waals surface area contributed by atoms with E-state index < -0.39 is 5.97 Å². The monoisotopic (exact) mass is 316 g/mol. The maximum absolute atomic E-state index is 11.8. The number of aromatic carboxylic acids is 1. The molecule has 0 aliphatic heterocycles. The van der Waals surface area contributed by atoms with E-state index in [1.54, 1.807) is 0 Å². The second kappa shape index (κ2) is 7.64. The van der Waals surface area contributed by atoms with Crippen LogP contribution in [0.1, 0.15) is 60.3 Å². The molecule has 1 heterocycles. The number of benzene rings is 1. The van der Waals surface area contributed by atoms with Crippen LogP contribution in [-0.2, 0) is 19.4 Å².